The lowest BCUT2D eigenvalue weighted by Crippen LogP contribution is -2.36. The molecule has 0 saturated heterocycles. The largest absolute Gasteiger partial charge is 0.489 e. The summed E-state index contributed by atoms with van der Waals surface area (Å²) in [6.07, 6.45) is 1.05. The topological polar surface area (TPSA) is 78.8 Å². The summed E-state index contributed by atoms with van der Waals surface area (Å²) in [5.41, 5.74) is 4.08. The summed E-state index contributed by atoms with van der Waals surface area (Å²) in [7, 11) is 0. The van der Waals surface area contributed by atoms with Crippen LogP contribution in [0.25, 0.3) is 11.1 Å². The van der Waals surface area contributed by atoms with Crippen molar-refractivity contribution in [2.75, 3.05) is 13.1 Å². The quantitative estimate of drug-likeness (QED) is 0.431. The number of hydrogen-bond acceptors (Lipinski definition) is 4. The van der Waals surface area contributed by atoms with Gasteiger partial charge in [-0.1, -0.05) is 41.4 Å². The van der Waals surface area contributed by atoms with E-state index >= 15 is 0 Å². The molecular weight excluding hydrogens is 449 g/mol. The number of aromatic carboxylic acids is 1. The first kappa shape index (κ1) is 22.6. The molecule has 0 saturated carbocycles. The van der Waals surface area contributed by atoms with Gasteiger partial charge in [0.15, 0.2) is 0 Å². The Morgan fingerprint density at radius 2 is 1.72 bits per heavy atom. The fraction of sp³-hybridized carbons (Fsp3) is 0.240. The predicted molar refractivity (Wildman–Crippen MR) is 126 cm³/mol. The van der Waals surface area contributed by atoms with Crippen LogP contribution in [0.5, 0.6) is 5.75 Å². The molecule has 166 valence electrons. The van der Waals surface area contributed by atoms with Crippen LogP contribution in [0.4, 0.5) is 0 Å². The average molecular weight is 472 g/mol. The highest BCUT2D eigenvalue weighted by Crippen LogP contribution is 2.32. The van der Waals surface area contributed by atoms with Gasteiger partial charge < -0.3 is 20.3 Å². The van der Waals surface area contributed by atoms with Crippen molar-refractivity contribution < 1.29 is 19.7 Å². The molecule has 3 N–H and O–H groups in total. The van der Waals surface area contributed by atoms with Gasteiger partial charge in [0, 0.05) is 23.1 Å². The van der Waals surface area contributed by atoms with E-state index in [1.54, 1.807) is 30.3 Å². The molecule has 1 heterocycles. The second-order valence-corrected chi connectivity index (χ2v) is 8.73. The Balaban J connectivity index is 1.33. The van der Waals surface area contributed by atoms with Crippen LogP contribution in [0.2, 0.25) is 10.0 Å². The van der Waals surface area contributed by atoms with E-state index in [0.29, 0.717) is 28.7 Å². The summed E-state index contributed by atoms with van der Waals surface area (Å²) < 4.78 is 6.14. The van der Waals surface area contributed by atoms with Crippen molar-refractivity contribution in [2.24, 2.45) is 0 Å². The van der Waals surface area contributed by atoms with Crippen LogP contribution in [-0.4, -0.2) is 35.4 Å². The van der Waals surface area contributed by atoms with E-state index in [4.69, 9.17) is 33.0 Å². The van der Waals surface area contributed by atoms with E-state index < -0.39 is 12.1 Å². The Bertz CT molecular complexity index is 1100. The van der Waals surface area contributed by atoms with E-state index in [1.165, 1.54) is 0 Å². The van der Waals surface area contributed by atoms with Crippen LogP contribution in [0.1, 0.15) is 34.0 Å². The van der Waals surface area contributed by atoms with Gasteiger partial charge in [-0.2, -0.15) is 0 Å². The van der Waals surface area contributed by atoms with E-state index in [-0.39, 0.29) is 11.7 Å². The maximum atomic E-state index is 11.0. The number of aliphatic hydroxyl groups excluding tert-OH is 1. The van der Waals surface area contributed by atoms with Crippen molar-refractivity contribution in [3.8, 4) is 16.9 Å². The second-order valence-electron chi connectivity index (χ2n) is 7.86. The number of nitrogens with one attached hydrogen (secondary N) is 1. The molecular formula is C25H23Cl2NO4. The summed E-state index contributed by atoms with van der Waals surface area (Å²) >= 11 is 12.0. The van der Waals surface area contributed by atoms with Crippen molar-refractivity contribution in [1.82, 2.24) is 5.32 Å². The molecule has 3 aromatic carbocycles. The van der Waals surface area contributed by atoms with Crippen molar-refractivity contribution in [3.63, 3.8) is 0 Å². The van der Waals surface area contributed by atoms with Gasteiger partial charge in [0.1, 0.15) is 11.9 Å². The van der Waals surface area contributed by atoms with Crippen LogP contribution in [0.3, 0.4) is 0 Å². The number of carboxylic acid groups (broad SMARTS) is 1. The molecule has 32 heavy (non-hydrogen) atoms. The Labute approximate surface area is 196 Å². The molecule has 3 aromatic rings. The minimum Gasteiger partial charge on any atom is -0.489 e. The normalized spacial score (nSPS) is 16.2. The maximum absolute atomic E-state index is 11.0. The van der Waals surface area contributed by atoms with Gasteiger partial charge in [0.05, 0.1) is 11.7 Å². The van der Waals surface area contributed by atoms with E-state index in [0.717, 1.165) is 35.3 Å². The number of fused-ring (bicyclic) bond motifs is 1. The standard InChI is InChI=1S/C25H23Cl2NO4/c26-20-10-19(11-21(27)12-20)23(29)14-28-13-22-7-5-18-9-17(6-8-24(18)32-22)15-1-3-16(4-2-15)25(30)31/h1-4,6,8-12,22-23,28-29H,5,7,13-14H2,(H,30,31)/t22-,23?/m1/s1. The summed E-state index contributed by atoms with van der Waals surface area (Å²) in [4.78, 5) is 11.0. The van der Waals surface area contributed by atoms with Gasteiger partial charge in [0.2, 0.25) is 0 Å². The second kappa shape index (κ2) is 9.92. The molecule has 5 nitrogen and oxygen atoms in total. The third kappa shape index (κ3) is 5.43. The molecule has 0 radical (unpaired) electrons. The lowest BCUT2D eigenvalue weighted by molar-refractivity contribution is 0.0697. The summed E-state index contributed by atoms with van der Waals surface area (Å²) in [5.74, 6) is -0.0740. The van der Waals surface area contributed by atoms with Crippen LogP contribution in [0.15, 0.2) is 60.7 Å². The SMILES string of the molecule is O=C(O)c1ccc(-c2ccc3c(c2)CC[C@H](CNCC(O)c2cc(Cl)cc(Cl)c2)O3)cc1. The number of benzene rings is 3. The first-order valence-corrected chi connectivity index (χ1v) is 11.1. The number of aliphatic hydroxyl groups is 1. The van der Waals surface area contributed by atoms with Gasteiger partial charge in [0.25, 0.3) is 0 Å². The molecule has 0 spiro atoms. The van der Waals surface area contributed by atoms with Crippen LogP contribution in [0, 0.1) is 0 Å². The number of halogens is 2. The highest BCUT2D eigenvalue weighted by atomic mass is 35.5. The van der Waals surface area contributed by atoms with E-state index in [1.807, 2.05) is 24.3 Å². The third-order valence-corrected chi connectivity index (χ3v) is 5.97. The molecule has 4 rings (SSSR count). The highest BCUT2D eigenvalue weighted by Gasteiger charge is 2.20. The first-order valence-electron chi connectivity index (χ1n) is 10.4. The van der Waals surface area contributed by atoms with Crippen molar-refractivity contribution in [1.29, 1.82) is 0 Å². The van der Waals surface area contributed by atoms with Crippen molar-refractivity contribution in [2.45, 2.75) is 25.0 Å². The molecule has 1 aliphatic rings. The monoisotopic (exact) mass is 471 g/mol. The molecule has 0 aliphatic carbocycles. The minimum atomic E-state index is -0.932. The molecule has 2 atom stereocenters. The maximum Gasteiger partial charge on any atom is 0.335 e. The Morgan fingerprint density at radius 3 is 2.41 bits per heavy atom. The number of rotatable bonds is 7. The van der Waals surface area contributed by atoms with Gasteiger partial charge >= 0.3 is 5.97 Å². The van der Waals surface area contributed by atoms with E-state index in [9.17, 15) is 9.90 Å². The van der Waals surface area contributed by atoms with Gasteiger partial charge in [-0.3, -0.25) is 0 Å². The zero-order valence-corrected chi connectivity index (χ0v) is 18.7. The fourth-order valence-corrected chi connectivity index (χ4v) is 4.38. The van der Waals surface area contributed by atoms with Crippen molar-refractivity contribution in [3.05, 3.63) is 87.4 Å². The smallest absolute Gasteiger partial charge is 0.335 e. The average Bonchev–Trinajstić information content (AvgIpc) is 2.78. The molecule has 1 unspecified atom stereocenters. The number of carbonyl (C=O) groups is 1. The number of carboxylic acids is 1. The van der Waals surface area contributed by atoms with Crippen LogP contribution in [-0.2, 0) is 6.42 Å². The van der Waals surface area contributed by atoms with Gasteiger partial charge in [-0.15, -0.1) is 0 Å². The zero-order valence-electron chi connectivity index (χ0n) is 17.2. The van der Waals surface area contributed by atoms with Gasteiger partial charge in [-0.25, -0.2) is 4.79 Å². The number of ether oxygens (including phenoxy) is 1. The lowest BCUT2D eigenvalue weighted by Gasteiger charge is -2.27. The zero-order chi connectivity index (χ0) is 22.7. The van der Waals surface area contributed by atoms with E-state index in [2.05, 4.69) is 11.4 Å². The molecule has 0 bridgehead atoms. The molecule has 1 aliphatic heterocycles. The molecule has 7 heteroatoms. The molecule has 0 aromatic heterocycles. The number of aryl methyl sites for hydroxylation is 1. The molecule has 0 amide bonds. The fourth-order valence-electron chi connectivity index (χ4n) is 3.84. The minimum absolute atomic E-state index is 0.0124. The third-order valence-electron chi connectivity index (χ3n) is 5.53. The van der Waals surface area contributed by atoms with Gasteiger partial charge in [-0.05, 0) is 77.6 Å². The Morgan fingerprint density at radius 1 is 1.03 bits per heavy atom. The number of hydrogen-bond donors (Lipinski definition) is 3. The summed E-state index contributed by atoms with van der Waals surface area (Å²) in [6, 6.07) is 18.0. The summed E-state index contributed by atoms with van der Waals surface area (Å²) in [5, 5.41) is 23.7. The Hall–Kier alpha value is -2.57. The highest BCUT2D eigenvalue weighted by molar-refractivity contribution is 6.34. The Kier molecular flexibility index (Phi) is 7.01. The summed E-state index contributed by atoms with van der Waals surface area (Å²) in [6.45, 7) is 0.984. The van der Waals surface area contributed by atoms with Crippen LogP contribution < -0.4 is 10.1 Å². The lowest BCUT2D eigenvalue weighted by atomic mass is 9.96. The first-order chi connectivity index (χ1) is 15.4. The molecule has 0 fully saturated rings. The predicted octanol–water partition coefficient (Wildman–Crippen LogP) is 5.38. The van der Waals surface area contributed by atoms with Crippen LogP contribution >= 0.6 is 23.2 Å². The van der Waals surface area contributed by atoms with Crippen molar-refractivity contribution >= 4 is 29.2 Å².